The third kappa shape index (κ3) is 5.85. The van der Waals surface area contributed by atoms with Gasteiger partial charge in [-0.1, -0.05) is 18.7 Å². The predicted octanol–water partition coefficient (Wildman–Crippen LogP) is 2.34. The second-order valence-electron chi connectivity index (χ2n) is 5.06. The number of esters is 1. The van der Waals surface area contributed by atoms with Crippen LogP contribution in [0, 0.1) is 0 Å². The number of anilines is 2. The van der Waals surface area contributed by atoms with E-state index in [1.807, 2.05) is 0 Å². The van der Waals surface area contributed by atoms with Gasteiger partial charge in [0.25, 0.3) is 0 Å². The highest BCUT2D eigenvalue weighted by Gasteiger charge is 2.08. The molecule has 1 aromatic carbocycles. The molecule has 2 N–H and O–H groups in total. The minimum absolute atomic E-state index is 0.141. The zero-order chi connectivity index (χ0) is 18.9. The van der Waals surface area contributed by atoms with Crippen molar-refractivity contribution in [1.29, 1.82) is 0 Å². The third-order valence-corrected chi connectivity index (χ3v) is 4.09. The van der Waals surface area contributed by atoms with Crippen molar-refractivity contribution in [2.45, 2.75) is 18.4 Å². The van der Waals surface area contributed by atoms with Gasteiger partial charge in [-0.2, -0.15) is 0 Å². The van der Waals surface area contributed by atoms with Gasteiger partial charge >= 0.3 is 5.97 Å². The number of nitrogens with one attached hydrogen (secondary N) is 2. The molecule has 136 valence electrons. The fourth-order valence-corrected chi connectivity index (χ4v) is 2.45. The van der Waals surface area contributed by atoms with Crippen LogP contribution in [0.2, 0.25) is 0 Å². The van der Waals surface area contributed by atoms with Gasteiger partial charge in [0.2, 0.25) is 11.8 Å². The highest BCUT2D eigenvalue weighted by atomic mass is 32.2. The Balaban J connectivity index is 1.83. The molecule has 0 unspecified atom stereocenters. The van der Waals surface area contributed by atoms with Crippen LogP contribution in [0.1, 0.15) is 23.7 Å². The number of methoxy groups -OCH3 is 1. The Hall–Kier alpha value is -2.94. The number of hydrogen-bond acceptors (Lipinski definition) is 7. The lowest BCUT2D eigenvalue weighted by atomic mass is 10.2. The van der Waals surface area contributed by atoms with Gasteiger partial charge in [0.15, 0.2) is 5.82 Å². The third-order valence-electron chi connectivity index (χ3n) is 3.17. The second-order valence-corrected chi connectivity index (χ2v) is 6.06. The SMILES string of the molecule is CCC(=O)Nc1ccc(SCC(=O)Nc2ccc(C(=O)OC)cc2)nn1. The molecule has 2 aromatic rings. The van der Waals surface area contributed by atoms with Gasteiger partial charge in [-0.25, -0.2) is 4.79 Å². The van der Waals surface area contributed by atoms with E-state index in [4.69, 9.17) is 0 Å². The van der Waals surface area contributed by atoms with Crippen LogP contribution >= 0.6 is 11.8 Å². The topological polar surface area (TPSA) is 110 Å². The summed E-state index contributed by atoms with van der Waals surface area (Å²) in [6, 6.07) is 9.71. The molecule has 0 bridgehead atoms. The normalized spacial score (nSPS) is 10.1. The second kappa shape index (κ2) is 9.52. The average Bonchev–Trinajstić information content (AvgIpc) is 2.67. The van der Waals surface area contributed by atoms with Crippen LogP contribution in [0.4, 0.5) is 11.5 Å². The lowest BCUT2D eigenvalue weighted by Crippen LogP contribution is -2.14. The molecule has 26 heavy (non-hydrogen) atoms. The summed E-state index contributed by atoms with van der Waals surface area (Å²) in [5.41, 5.74) is 0.984. The maximum atomic E-state index is 12.0. The summed E-state index contributed by atoms with van der Waals surface area (Å²) < 4.78 is 4.62. The molecule has 9 heteroatoms. The number of thioether (sulfide) groups is 1. The predicted molar refractivity (Wildman–Crippen MR) is 98.1 cm³/mol. The fraction of sp³-hybridized carbons (Fsp3) is 0.235. The first-order chi connectivity index (χ1) is 12.5. The number of aromatic nitrogens is 2. The number of nitrogens with zero attached hydrogens (tertiary/aromatic N) is 2. The molecular formula is C17H18N4O4S. The summed E-state index contributed by atoms with van der Waals surface area (Å²) in [4.78, 5) is 34.6. The molecule has 0 aliphatic carbocycles. The van der Waals surface area contributed by atoms with E-state index in [0.717, 1.165) is 0 Å². The smallest absolute Gasteiger partial charge is 0.337 e. The van der Waals surface area contributed by atoms with Crippen molar-refractivity contribution in [3.8, 4) is 0 Å². The molecule has 8 nitrogen and oxygen atoms in total. The minimum atomic E-state index is -0.435. The Kier molecular flexibility index (Phi) is 7.10. The molecule has 0 aliphatic rings. The Morgan fingerprint density at radius 1 is 1.00 bits per heavy atom. The van der Waals surface area contributed by atoms with Crippen molar-refractivity contribution in [2.75, 3.05) is 23.5 Å². The van der Waals surface area contributed by atoms with Crippen LogP contribution in [-0.2, 0) is 14.3 Å². The summed E-state index contributed by atoms with van der Waals surface area (Å²) in [6.07, 6.45) is 0.360. The van der Waals surface area contributed by atoms with E-state index in [2.05, 4.69) is 25.6 Å². The molecule has 2 amide bonds. The number of ether oxygens (including phenoxy) is 1. The van der Waals surface area contributed by atoms with Crippen molar-refractivity contribution in [2.24, 2.45) is 0 Å². The number of carbonyl (C=O) groups is 3. The minimum Gasteiger partial charge on any atom is -0.465 e. The number of carbonyl (C=O) groups excluding carboxylic acids is 3. The Morgan fingerprint density at radius 3 is 2.31 bits per heavy atom. The van der Waals surface area contributed by atoms with Crippen molar-refractivity contribution in [3.63, 3.8) is 0 Å². The van der Waals surface area contributed by atoms with Crippen LogP contribution in [0.3, 0.4) is 0 Å². The van der Waals surface area contributed by atoms with Crippen LogP contribution in [0.5, 0.6) is 0 Å². The molecule has 0 aliphatic heterocycles. The van der Waals surface area contributed by atoms with Gasteiger partial charge in [0.05, 0.1) is 18.4 Å². The van der Waals surface area contributed by atoms with E-state index in [9.17, 15) is 14.4 Å². The lowest BCUT2D eigenvalue weighted by molar-refractivity contribution is -0.116. The highest BCUT2D eigenvalue weighted by molar-refractivity contribution is 7.99. The van der Waals surface area contributed by atoms with Crippen LogP contribution in [0.25, 0.3) is 0 Å². The van der Waals surface area contributed by atoms with Gasteiger partial charge in [0, 0.05) is 12.1 Å². The maximum absolute atomic E-state index is 12.0. The Bertz CT molecular complexity index is 778. The molecule has 1 aromatic heterocycles. The summed E-state index contributed by atoms with van der Waals surface area (Å²) in [5.74, 6) is -0.274. The van der Waals surface area contributed by atoms with E-state index < -0.39 is 5.97 Å². The van der Waals surface area contributed by atoms with Gasteiger partial charge in [-0.3, -0.25) is 9.59 Å². The van der Waals surface area contributed by atoms with Crippen molar-refractivity contribution < 1.29 is 19.1 Å². The zero-order valence-corrected chi connectivity index (χ0v) is 15.1. The number of hydrogen-bond donors (Lipinski definition) is 2. The summed E-state index contributed by atoms with van der Waals surface area (Å²) >= 11 is 1.22. The van der Waals surface area contributed by atoms with Crippen LogP contribution in [-0.4, -0.2) is 40.8 Å². The molecule has 0 atom stereocenters. The highest BCUT2D eigenvalue weighted by Crippen LogP contribution is 2.17. The molecule has 0 fully saturated rings. The molecule has 0 saturated carbocycles. The summed E-state index contributed by atoms with van der Waals surface area (Å²) in [5, 5.41) is 13.7. The lowest BCUT2D eigenvalue weighted by Gasteiger charge is -2.06. The largest absolute Gasteiger partial charge is 0.465 e. The van der Waals surface area contributed by atoms with Gasteiger partial charge < -0.3 is 15.4 Å². The van der Waals surface area contributed by atoms with E-state index in [1.54, 1.807) is 43.3 Å². The maximum Gasteiger partial charge on any atom is 0.337 e. The Labute approximate surface area is 154 Å². The first kappa shape index (κ1) is 19.4. The standard InChI is InChI=1S/C17H18N4O4S/c1-3-14(22)19-13-8-9-16(21-20-13)26-10-15(23)18-12-6-4-11(5-7-12)17(24)25-2/h4-9H,3,10H2,1-2H3,(H,18,23)(H,19,20,22). The van der Waals surface area contributed by atoms with Crippen molar-refractivity contribution in [1.82, 2.24) is 10.2 Å². The summed E-state index contributed by atoms with van der Waals surface area (Å²) in [6.45, 7) is 1.74. The molecule has 1 heterocycles. The first-order valence-electron chi connectivity index (χ1n) is 7.76. The molecule has 0 saturated heterocycles. The molecular weight excluding hydrogens is 356 g/mol. The fourth-order valence-electron chi connectivity index (χ4n) is 1.84. The van der Waals surface area contributed by atoms with Gasteiger partial charge in [0.1, 0.15) is 5.03 Å². The first-order valence-corrected chi connectivity index (χ1v) is 8.75. The monoisotopic (exact) mass is 374 g/mol. The van der Waals surface area contributed by atoms with Crippen molar-refractivity contribution in [3.05, 3.63) is 42.0 Å². The Morgan fingerprint density at radius 2 is 1.73 bits per heavy atom. The van der Waals surface area contributed by atoms with Gasteiger partial charge in [-0.15, -0.1) is 10.2 Å². The molecule has 0 spiro atoms. The van der Waals surface area contributed by atoms with Crippen LogP contribution < -0.4 is 10.6 Å². The van der Waals surface area contributed by atoms with E-state index >= 15 is 0 Å². The van der Waals surface area contributed by atoms with E-state index in [-0.39, 0.29) is 17.6 Å². The van der Waals surface area contributed by atoms with Gasteiger partial charge in [-0.05, 0) is 36.4 Å². The van der Waals surface area contributed by atoms with E-state index in [1.165, 1.54) is 18.9 Å². The van der Waals surface area contributed by atoms with Crippen molar-refractivity contribution >= 4 is 41.1 Å². The molecule has 2 rings (SSSR count). The van der Waals surface area contributed by atoms with E-state index in [0.29, 0.717) is 28.5 Å². The zero-order valence-electron chi connectivity index (χ0n) is 14.3. The average molecular weight is 374 g/mol. The number of rotatable bonds is 7. The molecule has 0 radical (unpaired) electrons. The number of amides is 2. The quantitative estimate of drug-likeness (QED) is 0.565. The van der Waals surface area contributed by atoms with Crippen LogP contribution in [0.15, 0.2) is 41.4 Å². The number of benzene rings is 1. The summed E-state index contributed by atoms with van der Waals surface area (Å²) in [7, 11) is 1.31.